The molecule has 180 valence electrons. The number of hydrogen-bond acceptors (Lipinski definition) is 5. The second-order valence-electron chi connectivity index (χ2n) is 7.93. The molecule has 1 saturated heterocycles. The van der Waals surface area contributed by atoms with Crippen molar-refractivity contribution in [1.29, 1.82) is 0 Å². The second-order valence-corrected chi connectivity index (χ2v) is 7.93. The molecule has 0 spiro atoms. The van der Waals surface area contributed by atoms with Crippen LogP contribution < -0.4 is 0 Å². The van der Waals surface area contributed by atoms with Crippen LogP contribution in [0.4, 0.5) is 17.6 Å². The molecule has 1 aromatic heterocycles. The van der Waals surface area contributed by atoms with Gasteiger partial charge in [0, 0.05) is 25.2 Å². The number of carbonyl (C=O) groups is 2. The van der Waals surface area contributed by atoms with Gasteiger partial charge < -0.3 is 10.0 Å². The first-order valence-electron chi connectivity index (χ1n) is 10.6. The zero-order valence-electron chi connectivity index (χ0n) is 17.9. The third-order valence-electron chi connectivity index (χ3n) is 5.50. The number of piperidine rings is 1. The summed E-state index contributed by atoms with van der Waals surface area (Å²) >= 11 is 0. The van der Waals surface area contributed by atoms with Crippen LogP contribution in [0.2, 0.25) is 0 Å². The fourth-order valence-corrected chi connectivity index (χ4v) is 3.79. The van der Waals surface area contributed by atoms with Crippen molar-refractivity contribution in [2.75, 3.05) is 19.6 Å². The second kappa shape index (κ2) is 10.7. The Hall–Kier alpha value is -3.02. The maximum absolute atomic E-state index is 13.1. The lowest BCUT2D eigenvalue weighted by Gasteiger charge is -2.26. The van der Waals surface area contributed by atoms with E-state index in [4.69, 9.17) is 9.90 Å². The first kappa shape index (κ1) is 24.6. The minimum atomic E-state index is -5.08. The van der Waals surface area contributed by atoms with Gasteiger partial charge in [-0.05, 0) is 56.6 Å². The van der Waals surface area contributed by atoms with E-state index >= 15 is 0 Å². The first-order valence-corrected chi connectivity index (χ1v) is 10.6. The maximum Gasteiger partial charge on any atom is 0.490 e. The lowest BCUT2D eigenvalue weighted by Crippen LogP contribution is -2.32. The van der Waals surface area contributed by atoms with E-state index in [1.54, 1.807) is 12.1 Å². The Morgan fingerprint density at radius 2 is 1.61 bits per heavy atom. The highest BCUT2D eigenvalue weighted by molar-refractivity contribution is 5.94. The molecule has 3 heterocycles. The van der Waals surface area contributed by atoms with Crippen molar-refractivity contribution < 1.29 is 32.3 Å². The number of aryl methyl sites for hydroxylation is 1. The molecule has 2 aliphatic rings. The Morgan fingerprint density at radius 3 is 2.21 bits per heavy atom. The van der Waals surface area contributed by atoms with Gasteiger partial charge in [-0.15, -0.1) is 5.10 Å². The molecule has 1 N–H and O–H groups in total. The summed E-state index contributed by atoms with van der Waals surface area (Å²) in [5, 5.41) is 15.8. The van der Waals surface area contributed by atoms with Crippen molar-refractivity contribution in [2.45, 2.75) is 51.5 Å². The minimum absolute atomic E-state index is 0.0661. The van der Waals surface area contributed by atoms with Crippen LogP contribution in [-0.4, -0.2) is 67.6 Å². The Labute approximate surface area is 187 Å². The SMILES string of the molecule is O=C(O)C(F)(F)F.O=C(c1ccc(F)cc1)N1CCCn2nnc(CN3CCCCC3)c2C1. The summed E-state index contributed by atoms with van der Waals surface area (Å²) in [6.07, 6.45) is -0.472. The fourth-order valence-electron chi connectivity index (χ4n) is 3.79. The van der Waals surface area contributed by atoms with Gasteiger partial charge in [-0.3, -0.25) is 9.69 Å². The average molecular weight is 471 g/mol. The van der Waals surface area contributed by atoms with E-state index in [9.17, 15) is 22.4 Å². The van der Waals surface area contributed by atoms with Gasteiger partial charge in [-0.2, -0.15) is 13.2 Å². The summed E-state index contributed by atoms with van der Waals surface area (Å²) in [6.45, 7) is 4.95. The number of aromatic nitrogens is 3. The van der Waals surface area contributed by atoms with Gasteiger partial charge in [-0.1, -0.05) is 11.6 Å². The number of carbonyl (C=O) groups excluding carboxylic acids is 1. The number of amides is 1. The van der Waals surface area contributed by atoms with E-state index in [1.807, 2.05) is 9.58 Å². The van der Waals surface area contributed by atoms with Gasteiger partial charge in [0.15, 0.2) is 0 Å². The van der Waals surface area contributed by atoms with Crippen LogP contribution in [0.5, 0.6) is 0 Å². The van der Waals surface area contributed by atoms with Crippen molar-refractivity contribution in [1.82, 2.24) is 24.8 Å². The van der Waals surface area contributed by atoms with E-state index in [2.05, 4.69) is 15.2 Å². The zero-order valence-corrected chi connectivity index (χ0v) is 17.9. The fraction of sp³-hybridized carbons (Fsp3) is 0.524. The lowest BCUT2D eigenvalue weighted by atomic mass is 10.1. The number of benzene rings is 1. The summed E-state index contributed by atoms with van der Waals surface area (Å²) in [6, 6.07) is 5.76. The third kappa shape index (κ3) is 6.73. The van der Waals surface area contributed by atoms with Crippen molar-refractivity contribution in [2.24, 2.45) is 0 Å². The topological polar surface area (TPSA) is 91.6 Å². The number of likely N-dealkylation sites (tertiary alicyclic amines) is 1. The molecule has 12 heteroatoms. The molecule has 0 radical (unpaired) electrons. The van der Waals surface area contributed by atoms with Gasteiger partial charge in [0.2, 0.25) is 0 Å². The van der Waals surface area contributed by atoms with Crippen molar-refractivity contribution in [3.8, 4) is 0 Å². The number of nitrogens with zero attached hydrogens (tertiary/aromatic N) is 5. The predicted molar refractivity (Wildman–Crippen MR) is 109 cm³/mol. The molecular weight excluding hydrogens is 446 g/mol. The van der Waals surface area contributed by atoms with E-state index in [0.717, 1.165) is 44.0 Å². The van der Waals surface area contributed by atoms with Gasteiger partial charge >= 0.3 is 12.1 Å². The summed E-state index contributed by atoms with van der Waals surface area (Å²) in [5.41, 5.74) is 2.53. The quantitative estimate of drug-likeness (QED) is 0.692. The summed E-state index contributed by atoms with van der Waals surface area (Å²) in [7, 11) is 0. The van der Waals surface area contributed by atoms with Gasteiger partial charge in [0.05, 0.1) is 12.2 Å². The third-order valence-corrected chi connectivity index (χ3v) is 5.50. The number of fused-ring (bicyclic) bond motifs is 1. The van der Waals surface area contributed by atoms with Crippen LogP contribution in [0, 0.1) is 5.82 Å². The number of rotatable bonds is 3. The van der Waals surface area contributed by atoms with Crippen molar-refractivity contribution >= 4 is 11.9 Å². The summed E-state index contributed by atoms with van der Waals surface area (Å²) in [5.74, 6) is -3.15. The Morgan fingerprint density at radius 1 is 0.970 bits per heavy atom. The molecule has 1 fully saturated rings. The summed E-state index contributed by atoms with van der Waals surface area (Å²) in [4.78, 5) is 26.0. The van der Waals surface area contributed by atoms with E-state index in [-0.39, 0.29) is 11.7 Å². The van der Waals surface area contributed by atoms with Gasteiger partial charge in [-0.25, -0.2) is 13.9 Å². The minimum Gasteiger partial charge on any atom is -0.475 e. The van der Waals surface area contributed by atoms with E-state index in [1.165, 1.54) is 31.4 Å². The monoisotopic (exact) mass is 471 g/mol. The molecule has 0 atom stereocenters. The number of carboxylic acids is 1. The van der Waals surface area contributed by atoms with Crippen LogP contribution in [-0.2, 0) is 24.4 Å². The highest BCUT2D eigenvalue weighted by Gasteiger charge is 2.38. The molecular formula is C21H25F4N5O3. The van der Waals surface area contributed by atoms with E-state index in [0.29, 0.717) is 18.7 Å². The molecule has 0 unspecified atom stereocenters. The van der Waals surface area contributed by atoms with Crippen LogP contribution >= 0.6 is 0 Å². The molecule has 2 aliphatic heterocycles. The average Bonchev–Trinajstić information content (AvgIpc) is 3.01. The zero-order chi connectivity index (χ0) is 24.0. The number of carboxylic acid groups (broad SMARTS) is 1. The number of hydrogen-bond donors (Lipinski definition) is 1. The lowest BCUT2D eigenvalue weighted by molar-refractivity contribution is -0.192. The molecule has 0 bridgehead atoms. The molecule has 1 aromatic carbocycles. The predicted octanol–water partition coefficient (Wildman–Crippen LogP) is 3.08. The number of alkyl halides is 3. The summed E-state index contributed by atoms with van der Waals surface area (Å²) < 4.78 is 46.8. The highest BCUT2D eigenvalue weighted by Crippen LogP contribution is 2.20. The molecule has 4 rings (SSSR count). The largest absolute Gasteiger partial charge is 0.490 e. The molecule has 0 aliphatic carbocycles. The molecule has 1 amide bonds. The van der Waals surface area contributed by atoms with Gasteiger partial charge in [0.1, 0.15) is 11.5 Å². The van der Waals surface area contributed by atoms with E-state index < -0.39 is 12.1 Å². The molecule has 2 aromatic rings. The van der Waals surface area contributed by atoms with Crippen molar-refractivity contribution in [3.05, 3.63) is 47.0 Å². The standard InChI is InChI=1S/C19H24FN5O.C2HF3O2/c20-16-7-5-15(6-8-16)19(26)24-11-4-12-25-18(14-24)17(21-22-25)13-23-9-2-1-3-10-23;3-2(4,5)1(6)7/h5-8H,1-4,9-14H2;(H,6,7). The van der Waals surface area contributed by atoms with Crippen LogP contribution in [0.1, 0.15) is 47.4 Å². The normalized spacial score (nSPS) is 16.9. The maximum atomic E-state index is 13.1. The Bertz CT molecular complexity index is 956. The smallest absolute Gasteiger partial charge is 0.475 e. The first-order chi connectivity index (χ1) is 15.6. The van der Waals surface area contributed by atoms with Crippen LogP contribution in [0.25, 0.3) is 0 Å². The Balaban J connectivity index is 0.000000383. The molecule has 8 nitrogen and oxygen atoms in total. The van der Waals surface area contributed by atoms with Gasteiger partial charge in [0.25, 0.3) is 5.91 Å². The molecule has 0 saturated carbocycles. The number of aliphatic carboxylic acids is 1. The van der Waals surface area contributed by atoms with Crippen LogP contribution in [0.15, 0.2) is 24.3 Å². The highest BCUT2D eigenvalue weighted by atomic mass is 19.4. The Kier molecular flexibility index (Phi) is 8.01. The van der Waals surface area contributed by atoms with Crippen LogP contribution in [0.3, 0.4) is 0 Å². The molecule has 33 heavy (non-hydrogen) atoms. The number of halogens is 4. The van der Waals surface area contributed by atoms with Crippen molar-refractivity contribution in [3.63, 3.8) is 0 Å².